The largest absolute Gasteiger partial charge is 0.357 e. The van der Waals surface area contributed by atoms with Crippen molar-refractivity contribution in [3.05, 3.63) is 0 Å². The number of aromatic nitrogens is 2. The van der Waals surface area contributed by atoms with Crippen LogP contribution in [-0.4, -0.2) is 15.8 Å². The summed E-state index contributed by atoms with van der Waals surface area (Å²) >= 11 is 1.35. The zero-order valence-corrected chi connectivity index (χ0v) is 4.17. The van der Waals surface area contributed by atoms with E-state index in [-0.39, 0.29) is 0 Å². The Morgan fingerprint density at radius 2 is 2.67 bits per heavy atom. The lowest BCUT2D eigenvalue weighted by atomic mass is 11.0. The van der Waals surface area contributed by atoms with Crippen molar-refractivity contribution in [2.24, 2.45) is 0 Å². The molecule has 34 valence electrons. The minimum atomic E-state index is 0.861. The van der Waals surface area contributed by atoms with Crippen molar-refractivity contribution in [2.45, 2.75) is 0 Å². The minimum absolute atomic E-state index is 0.861. The Morgan fingerprint density at radius 1 is 2.00 bits per heavy atom. The van der Waals surface area contributed by atoms with Crippen LogP contribution in [0.3, 0.4) is 0 Å². The average Bonchev–Trinajstić information content (AvgIpc) is 1.31. The molecule has 0 spiro atoms. The summed E-state index contributed by atoms with van der Waals surface area (Å²) in [6, 6.07) is 0. The second kappa shape index (κ2) is 1.30. The topological polar surface area (TPSA) is 40.7 Å². The van der Waals surface area contributed by atoms with Crippen LogP contribution in [-0.2, 0) is 0 Å². The van der Waals surface area contributed by atoms with Crippen LogP contribution in [0.1, 0.15) is 0 Å². The van der Waals surface area contributed by atoms with E-state index in [0.29, 0.717) is 0 Å². The molecule has 1 aromatic heterocycles. The molecule has 0 fully saturated rings. The van der Waals surface area contributed by atoms with E-state index in [9.17, 15) is 0 Å². The van der Waals surface area contributed by atoms with E-state index in [1.54, 1.807) is 0 Å². The van der Waals surface area contributed by atoms with Gasteiger partial charge >= 0.3 is 0 Å². The Kier molecular flexibility index (Phi) is 0.795. The Balaban J connectivity index is 2.51. The Morgan fingerprint density at radius 3 is 2.67 bits per heavy atom. The molecule has 0 aliphatic rings. The van der Waals surface area contributed by atoms with Crippen molar-refractivity contribution in [1.82, 2.24) is 8.75 Å². The van der Waals surface area contributed by atoms with E-state index >= 15 is 0 Å². The molecule has 0 aliphatic carbocycles. The second-order valence-electron chi connectivity index (χ2n) is 0.883. The summed E-state index contributed by atoms with van der Waals surface area (Å²) < 4.78 is 6.65. The highest BCUT2D eigenvalue weighted by molar-refractivity contribution is 7.00. The smallest absolute Gasteiger partial charge is 0.223 e. The first-order chi connectivity index (χ1) is 2.93. The average molecular weight is 103 g/mol. The Hall–Kier alpha value is -0.510. The number of nitrogens with one attached hydrogen (secondary N) is 2. The fourth-order valence-electron chi connectivity index (χ4n) is 0.188. The second-order valence-corrected chi connectivity index (χ2v) is 1.45. The molecule has 0 atom stereocenters. The number of aromatic amines is 1. The highest BCUT2D eigenvalue weighted by atomic mass is 32.1. The van der Waals surface area contributed by atoms with Crippen molar-refractivity contribution in [1.29, 1.82) is 0 Å². The summed E-state index contributed by atoms with van der Waals surface area (Å²) in [7, 11) is 1.82. The van der Waals surface area contributed by atoms with Gasteiger partial charge in [-0.25, -0.2) is 0 Å². The van der Waals surface area contributed by atoms with Gasteiger partial charge in [-0.15, -0.1) is 4.37 Å². The molecular formula is C2H5N3S. The normalized spacial score (nSPS) is 8.83. The fourth-order valence-corrected chi connectivity index (χ4v) is 0.564. The van der Waals surface area contributed by atoms with Crippen LogP contribution in [0.2, 0.25) is 0 Å². The summed E-state index contributed by atoms with van der Waals surface area (Å²) in [5.74, 6) is 0.861. The van der Waals surface area contributed by atoms with Gasteiger partial charge in [0.05, 0.1) is 0 Å². The molecule has 0 aliphatic heterocycles. The van der Waals surface area contributed by atoms with Gasteiger partial charge < -0.3 is 5.32 Å². The van der Waals surface area contributed by atoms with E-state index in [1.807, 2.05) is 7.05 Å². The first-order valence-electron chi connectivity index (χ1n) is 1.61. The van der Waals surface area contributed by atoms with Gasteiger partial charge in [-0.05, 0) is 0 Å². The van der Waals surface area contributed by atoms with Crippen LogP contribution >= 0.6 is 11.7 Å². The van der Waals surface area contributed by atoms with Gasteiger partial charge in [-0.2, -0.15) is 0 Å². The number of anilines is 1. The molecule has 1 aromatic rings. The predicted molar refractivity (Wildman–Crippen MR) is 26.0 cm³/mol. The first kappa shape index (κ1) is 3.67. The summed E-state index contributed by atoms with van der Waals surface area (Å²) in [4.78, 5) is 0. The van der Waals surface area contributed by atoms with Gasteiger partial charge in [0, 0.05) is 18.8 Å². The summed E-state index contributed by atoms with van der Waals surface area (Å²) in [5.41, 5.74) is 0. The number of nitrogens with zero attached hydrogens (tertiary/aromatic N) is 1. The molecule has 0 radical (unpaired) electrons. The van der Waals surface area contributed by atoms with Crippen molar-refractivity contribution in [3.63, 3.8) is 0 Å². The van der Waals surface area contributed by atoms with E-state index in [4.69, 9.17) is 0 Å². The van der Waals surface area contributed by atoms with Crippen molar-refractivity contribution < 1.29 is 0 Å². The van der Waals surface area contributed by atoms with Crippen LogP contribution < -0.4 is 5.32 Å². The van der Waals surface area contributed by atoms with Crippen LogP contribution in [0.5, 0.6) is 0 Å². The molecule has 0 bridgehead atoms. The summed E-state index contributed by atoms with van der Waals surface area (Å²) in [6.45, 7) is 0. The third-order valence-corrected chi connectivity index (χ3v) is 1.07. The standard InChI is InChI=1S/C2H5N3S/c1-3-2-4-6-5-2/h1H3,(H2,3,4,5). The quantitative estimate of drug-likeness (QED) is 0.543. The molecule has 1 heterocycles. The monoisotopic (exact) mass is 103 g/mol. The molecule has 0 unspecified atom stereocenters. The molecule has 6 heavy (non-hydrogen) atoms. The van der Waals surface area contributed by atoms with Crippen molar-refractivity contribution in [2.75, 3.05) is 12.4 Å². The van der Waals surface area contributed by atoms with E-state index in [1.165, 1.54) is 11.7 Å². The van der Waals surface area contributed by atoms with Gasteiger partial charge in [0.2, 0.25) is 5.95 Å². The Bertz CT molecular complexity index is 101. The lowest BCUT2D eigenvalue weighted by Crippen LogP contribution is -1.94. The molecule has 0 saturated heterocycles. The maximum atomic E-state index is 3.80. The third kappa shape index (κ3) is 0.386. The van der Waals surface area contributed by atoms with Gasteiger partial charge in [-0.1, -0.05) is 0 Å². The lowest BCUT2D eigenvalue weighted by molar-refractivity contribution is 1.25. The minimum Gasteiger partial charge on any atom is -0.357 e. The number of hydrogen-bond donors (Lipinski definition) is 2. The van der Waals surface area contributed by atoms with Gasteiger partial charge in [0.25, 0.3) is 0 Å². The van der Waals surface area contributed by atoms with Crippen LogP contribution in [0.25, 0.3) is 0 Å². The van der Waals surface area contributed by atoms with E-state index in [2.05, 4.69) is 14.1 Å². The highest BCUT2D eigenvalue weighted by Crippen LogP contribution is 1.98. The lowest BCUT2D eigenvalue weighted by Gasteiger charge is -1.95. The number of rotatable bonds is 1. The molecular weight excluding hydrogens is 98.1 g/mol. The zero-order valence-electron chi connectivity index (χ0n) is 3.36. The molecule has 0 aromatic carbocycles. The molecule has 3 nitrogen and oxygen atoms in total. The Labute approximate surface area is 39.7 Å². The first-order valence-corrected chi connectivity index (χ1v) is 2.38. The molecule has 0 saturated carbocycles. The van der Waals surface area contributed by atoms with Crippen LogP contribution in [0.4, 0.5) is 5.95 Å². The summed E-state index contributed by atoms with van der Waals surface area (Å²) in [5, 5.41) is 2.82. The predicted octanol–water partition coefficient (Wildman–Crippen LogP) is 0.513. The van der Waals surface area contributed by atoms with E-state index in [0.717, 1.165) is 5.95 Å². The number of hydrogen-bond acceptors (Lipinski definition) is 3. The molecule has 2 N–H and O–H groups in total. The summed E-state index contributed by atoms with van der Waals surface area (Å²) in [6.07, 6.45) is 0. The van der Waals surface area contributed by atoms with Crippen molar-refractivity contribution in [3.8, 4) is 0 Å². The number of H-pyrrole nitrogens is 1. The van der Waals surface area contributed by atoms with Crippen molar-refractivity contribution >= 4 is 17.7 Å². The maximum absolute atomic E-state index is 3.80. The van der Waals surface area contributed by atoms with Crippen LogP contribution in [0, 0.1) is 0 Å². The van der Waals surface area contributed by atoms with Gasteiger partial charge in [-0.3, -0.25) is 4.37 Å². The third-order valence-electron chi connectivity index (χ3n) is 0.516. The SMILES string of the molecule is CNc1ns[nH]1. The molecule has 4 heteroatoms. The highest BCUT2D eigenvalue weighted by Gasteiger charge is 1.85. The van der Waals surface area contributed by atoms with Gasteiger partial charge in [0.1, 0.15) is 0 Å². The molecule has 1 rings (SSSR count). The van der Waals surface area contributed by atoms with Crippen LogP contribution in [0.15, 0.2) is 0 Å². The van der Waals surface area contributed by atoms with E-state index < -0.39 is 0 Å². The fraction of sp³-hybridized carbons (Fsp3) is 0.500. The zero-order chi connectivity index (χ0) is 4.41. The molecule has 0 amide bonds. The maximum Gasteiger partial charge on any atom is 0.223 e. The van der Waals surface area contributed by atoms with Gasteiger partial charge in [0.15, 0.2) is 0 Å².